The molecule has 0 aromatic carbocycles. The first kappa shape index (κ1) is 6.15. The van der Waals surface area contributed by atoms with E-state index in [2.05, 4.69) is 15.0 Å². The van der Waals surface area contributed by atoms with E-state index >= 15 is 0 Å². The highest BCUT2D eigenvalue weighted by molar-refractivity contribution is 5.76. The second-order valence-electron chi connectivity index (χ2n) is 2.48. The average Bonchev–Trinajstić information content (AvgIpc) is 2.27. The molecule has 0 amide bonds. The molecule has 11 heavy (non-hydrogen) atoms. The van der Waals surface area contributed by atoms with Gasteiger partial charge in [-0.25, -0.2) is 4.98 Å². The van der Waals surface area contributed by atoms with E-state index in [1.165, 1.54) is 0 Å². The Morgan fingerprint density at radius 1 is 1.55 bits per heavy atom. The van der Waals surface area contributed by atoms with Crippen molar-refractivity contribution in [3.8, 4) is 0 Å². The minimum Gasteiger partial charge on any atom is -0.368 e. The number of nitrogens with two attached hydrogens (primary N) is 1. The van der Waals surface area contributed by atoms with Crippen LogP contribution in [-0.4, -0.2) is 15.0 Å². The lowest BCUT2D eigenvalue weighted by Crippen LogP contribution is -1.92. The fourth-order valence-electron chi connectivity index (χ4n) is 1.07. The van der Waals surface area contributed by atoms with Gasteiger partial charge < -0.3 is 10.7 Å². The zero-order valence-corrected chi connectivity index (χ0v) is 6.13. The number of aromatic amines is 1. The summed E-state index contributed by atoms with van der Waals surface area (Å²) in [5.41, 5.74) is 7.26. The van der Waals surface area contributed by atoms with Crippen molar-refractivity contribution < 1.29 is 0 Å². The van der Waals surface area contributed by atoms with Gasteiger partial charge in [-0.1, -0.05) is 0 Å². The van der Waals surface area contributed by atoms with E-state index < -0.39 is 0 Å². The van der Waals surface area contributed by atoms with Gasteiger partial charge in [0.25, 0.3) is 0 Å². The predicted octanol–water partition coefficient (Wildman–Crippen LogP) is 0.849. The van der Waals surface area contributed by atoms with Crippen LogP contribution in [0.3, 0.4) is 0 Å². The third kappa shape index (κ3) is 0.920. The van der Waals surface area contributed by atoms with Crippen molar-refractivity contribution in [2.24, 2.45) is 0 Å². The van der Waals surface area contributed by atoms with Crippen LogP contribution in [0.25, 0.3) is 11.0 Å². The molecule has 0 unspecified atom stereocenters. The zero-order valence-electron chi connectivity index (χ0n) is 6.13. The van der Waals surface area contributed by atoms with Crippen LogP contribution < -0.4 is 5.73 Å². The number of rotatable bonds is 0. The van der Waals surface area contributed by atoms with E-state index in [-0.39, 0.29) is 0 Å². The lowest BCUT2D eigenvalue weighted by atomic mass is 10.4. The van der Waals surface area contributed by atoms with E-state index in [0.29, 0.717) is 5.95 Å². The first-order valence-electron chi connectivity index (χ1n) is 3.33. The van der Waals surface area contributed by atoms with E-state index in [9.17, 15) is 0 Å². The van der Waals surface area contributed by atoms with Gasteiger partial charge in [-0.15, -0.1) is 0 Å². The summed E-state index contributed by atoms with van der Waals surface area (Å²) in [6.45, 7) is 1.97. The minimum absolute atomic E-state index is 0.305. The molecule has 0 atom stereocenters. The molecule has 0 fully saturated rings. The van der Waals surface area contributed by atoms with Crippen LogP contribution in [0.15, 0.2) is 12.3 Å². The summed E-state index contributed by atoms with van der Waals surface area (Å²) in [5, 5.41) is 0.997. The molecule has 0 aliphatic carbocycles. The maximum absolute atomic E-state index is 5.39. The van der Waals surface area contributed by atoms with E-state index in [0.717, 1.165) is 16.7 Å². The molecule has 0 saturated carbocycles. The number of hydrogen-bond acceptors (Lipinski definition) is 3. The number of aromatic nitrogens is 3. The van der Waals surface area contributed by atoms with Crippen molar-refractivity contribution in [1.29, 1.82) is 0 Å². The van der Waals surface area contributed by atoms with Gasteiger partial charge in [0, 0.05) is 17.3 Å². The Morgan fingerprint density at radius 3 is 3.18 bits per heavy atom. The Labute approximate surface area is 63.5 Å². The fourth-order valence-corrected chi connectivity index (χ4v) is 1.07. The molecule has 4 nitrogen and oxygen atoms in total. The van der Waals surface area contributed by atoms with Gasteiger partial charge in [0.2, 0.25) is 5.95 Å². The molecule has 2 heterocycles. The molecule has 0 saturated heterocycles. The lowest BCUT2D eigenvalue weighted by Gasteiger charge is -1.89. The molecule has 0 bridgehead atoms. The number of nitrogen functional groups attached to an aromatic ring is 1. The number of nitrogens with one attached hydrogen (secondary N) is 1. The van der Waals surface area contributed by atoms with Crippen LogP contribution in [-0.2, 0) is 0 Å². The monoisotopic (exact) mass is 148 g/mol. The van der Waals surface area contributed by atoms with E-state index in [1.54, 1.807) is 6.20 Å². The van der Waals surface area contributed by atoms with Gasteiger partial charge in [0.1, 0.15) is 5.65 Å². The third-order valence-electron chi connectivity index (χ3n) is 1.52. The van der Waals surface area contributed by atoms with Crippen LogP contribution in [0, 0.1) is 6.92 Å². The summed E-state index contributed by atoms with van der Waals surface area (Å²) in [6, 6.07) is 1.98. The van der Waals surface area contributed by atoms with Crippen molar-refractivity contribution in [2.45, 2.75) is 6.92 Å². The fraction of sp³-hybridized carbons (Fsp3) is 0.143. The summed E-state index contributed by atoms with van der Waals surface area (Å²) >= 11 is 0. The van der Waals surface area contributed by atoms with E-state index in [1.807, 2.05) is 13.0 Å². The normalized spacial score (nSPS) is 10.6. The van der Waals surface area contributed by atoms with Gasteiger partial charge >= 0.3 is 0 Å². The molecule has 4 heteroatoms. The van der Waals surface area contributed by atoms with Crippen LogP contribution in [0.2, 0.25) is 0 Å². The molecule has 0 aliphatic heterocycles. The molecule has 3 N–H and O–H groups in total. The molecule has 2 aromatic heterocycles. The minimum atomic E-state index is 0.305. The highest BCUT2D eigenvalue weighted by Gasteiger charge is 1.98. The molecule has 2 rings (SSSR count). The molecule has 2 aromatic rings. The second-order valence-corrected chi connectivity index (χ2v) is 2.48. The second kappa shape index (κ2) is 1.95. The number of anilines is 1. The molecule has 0 radical (unpaired) electrons. The van der Waals surface area contributed by atoms with Gasteiger partial charge in [-0.05, 0) is 13.0 Å². The van der Waals surface area contributed by atoms with Gasteiger partial charge in [0.05, 0.1) is 0 Å². The van der Waals surface area contributed by atoms with Gasteiger partial charge in [-0.3, -0.25) is 0 Å². The summed E-state index contributed by atoms with van der Waals surface area (Å²) in [5.74, 6) is 0.305. The van der Waals surface area contributed by atoms with Crippen LogP contribution in [0.4, 0.5) is 5.95 Å². The maximum atomic E-state index is 5.39. The van der Waals surface area contributed by atoms with Gasteiger partial charge in [0.15, 0.2) is 0 Å². The molecule has 56 valence electrons. The highest BCUT2D eigenvalue weighted by Crippen LogP contribution is 2.11. The summed E-state index contributed by atoms with van der Waals surface area (Å²) < 4.78 is 0. The van der Waals surface area contributed by atoms with Gasteiger partial charge in [-0.2, -0.15) is 4.98 Å². The number of H-pyrrole nitrogens is 1. The number of nitrogens with zero attached hydrogens (tertiary/aromatic N) is 2. The topological polar surface area (TPSA) is 67.6 Å². The Kier molecular flexibility index (Phi) is 1.09. The summed E-state index contributed by atoms with van der Waals surface area (Å²) in [7, 11) is 0. The number of aryl methyl sites for hydroxylation is 1. The van der Waals surface area contributed by atoms with Crippen molar-refractivity contribution in [2.75, 3.05) is 5.73 Å². The van der Waals surface area contributed by atoms with Crippen LogP contribution >= 0.6 is 0 Å². The van der Waals surface area contributed by atoms with Crippen molar-refractivity contribution in [3.63, 3.8) is 0 Å². The van der Waals surface area contributed by atoms with Crippen molar-refractivity contribution in [3.05, 3.63) is 18.0 Å². The lowest BCUT2D eigenvalue weighted by molar-refractivity contribution is 1.20. The summed E-state index contributed by atoms with van der Waals surface area (Å²) in [4.78, 5) is 10.9. The zero-order chi connectivity index (χ0) is 7.84. The smallest absolute Gasteiger partial charge is 0.221 e. The first-order chi connectivity index (χ1) is 5.25. The standard InChI is InChI=1S/C7H8N4/c1-4-2-5-3-9-7(8)11-6(5)10-4/h2-3H,1H3,(H3,8,9,10,11). The quantitative estimate of drug-likeness (QED) is 0.582. The Balaban J connectivity index is 2.82. The summed E-state index contributed by atoms with van der Waals surface area (Å²) in [6.07, 6.45) is 1.71. The number of hydrogen-bond donors (Lipinski definition) is 2. The SMILES string of the molecule is Cc1cc2cnc(N)nc2[nH]1. The van der Waals surface area contributed by atoms with Crippen LogP contribution in [0.1, 0.15) is 5.69 Å². The molecular weight excluding hydrogens is 140 g/mol. The van der Waals surface area contributed by atoms with Crippen LogP contribution in [0.5, 0.6) is 0 Å². The third-order valence-corrected chi connectivity index (χ3v) is 1.52. The molecular formula is C7H8N4. The predicted molar refractivity (Wildman–Crippen MR) is 43.0 cm³/mol. The Morgan fingerprint density at radius 2 is 2.36 bits per heavy atom. The average molecular weight is 148 g/mol. The molecule has 0 spiro atoms. The Hall–Kier alpha value is -1.58. The van der Waals surface area contributed by atoms with Crippen molar-refractivity contribution >= 4 is 17.0 Å². The maximum Gasteiger partial charge on any atom is 0.221 e. The van der Waals surface area contributed by atoms with Crippen molar-refractivity contribution in [1.82, 2.24) is 15.0 Å². The highest BCUT2D eigenvalue weighted by atomic mass is 15.0. The largest absolute Gasteiger partial charge is 0.368 e. The first-order valence-corrected chi connectivity index (χ1v) is 3.33. The van der Waals surface area contributed by atoms with E-state index in [4.69, 9.17) is 5.73 Å². The Bertz CT molecular complexity index is 390. The number of fused-ring (bicyclic) bond motifs is 1. The molecule has 0 aliphatic rings.